The molecule has 0 aromatic heterocycles. The molecule has 3 heteroatoms. The molecule has 1 fully saturated rings. The Labute approximate surface area is 127 Å². The zero-order valence-electron chi connectivity index (χ0n) is 13.2. The second kappa shape index (κ2) is 6.27. The van der Waals surface area contributed by atoms with Crippen molar-refractivity contribution in [3.8, 4) is 11.5 Å². The third kappa shape index (κ3) is 3.34. The van der Waals surface area contributed by atoms with E-state index >= 15 is 0 Å². The summed E-state index contributed by atoms with van der Waals surface area (Å²) in [4.78, 5) is 0. The van der Waals surface area contributed by atoms with Gasteiger partial charge in [0, 0.05) is 12.0 Å². The Balaban J connectivity index is 1.74. The first-order valence-electron chi connectivity index (χ1n) is 8.28. The molecular weight excluding hydrogens is 262 g/mol. The van der Waals surface area contributed by atoms with E-state index in [1.807, 2.05) is 6.07 Å². The van der Waals surface area contributed by atoms with Crippen LogP contribution in [0.2, 0.25) is 0 Å². The summed E-state index contributed by atoms with van der Waals surface area (Å²) in [6, 6.07) is 6.34. The van der Waals surface area contributed by atoms with Crippen LogP contribution in [-0.4, -0.2) is 13.2 Å². The highest BCUT2D eigenvalue weighted by Gasteiger charge is 2.26. The topological polar surface area (TPSA) is 44.5 Å². The molecule has 2 unspecified atom stereocenters. The lowest BCUT2D eigenvalue weighted by Crippen LogP contribution is -2.25. The van der Waals surface area contributed by atoms with Crippen LogP contribution in [0.3, 0.4) is 0 Å². The molecular formula is C18H27NO2. The molecule has 2 aliphatic rings. The minimum Gasteiger partial charge on any atom is -0.489 e. The van der Waals surface area contributed by atoms with E-state index in [0.717, 1.165) is 24.0 Å². The fourth-order valence-electron chi connectivity index (χ4n) is 3.39. The molecule has 21 heavy (non-hydrogen) atoms. The zero-order valence-corrected chi connectivity index (χ0v) is 13.2. The minimum absolute atomic E-state index is 0.118. The van der Waals surface area contributed by atoms with Crippen molar-refractivity contribution in [1.82, 2.24) is 0 Å². The van der Waals surface area contributed by atoms with E-state index in [-0.39, 0.29) is 6.04 Å². The van der Waals surface area contributed by atoms with Gasteiger partial charge in [-0.1, -0.05) is 32.8 Å². The van der Waals surface area contributed by atoms with E-state index in [9.17, 15) is 0 Å². The Morgan fingerprint density at radius 2 is 1.62 bits per heavy atom. The van der Waals surface area contributed by atoms with E-state index in [4.69, 9.17) is 15.2 Å². The maximum absolute atomic E-state index is 6.52. The Bertz CT molecular complexity index is 480. The Kier molecular flexibility index (Phi) is 4.39. The van der Waals surface area contributed by atoms with Crippen molar-refractivity contribution in [2.75, 3.05) is 13.2 Å². The molecule has 2 N–H and O–H groups in total. The van der Waals surface area contributed by atoms with Gasteiger partial charge in [0.05, 0.1) is 13.2 Å². The lowest BCUT2D eigenvalue weighted by molar-refractivity contribution is 0.228. The van der Waals surface area contributed by atoms with Crippen molar-refractivity contribution in [2.24, 2.45) is 23.5 Å². The van der Waals surface area contributed by atoms with Crippen molar-refractivity contribution in [3.63, 3.8) is 0 Å². The summed E-state index contributed by atoms with van der Waals surface area (Å²) in [7, 11) is 0. The number of fused-ring (bicyclic) bond motifs is 1. The summed E-state index contributed by atoms with van der Waals surface area (Å²) in [6.45, 7) is 5.92. The average Bonchev–Trinajstić information content (AvgIpc) is 2.69. The molecule has 0 bridgehead atoms. The van der Waals surface area contributed by atoms with Gasteiger partial charge in [0.2, 0.25) is 0 Å². The molecule has 1 aliphatic carbocycles. The van der Waals surface area contributed by atoms with E-state index in [1.54, 1.807) is 0 Å². The summed E-state index contributed by atoms with van der Waals surface area (Å²) >= 11 is 0. The van der Waals surface area contributed by atoms with Crippen LogP contribution in [0.25, 0.3) is 0 Å². The average molecular weight is 289 g/mol. The first-order chi connectivity index (χ1) is 10.1. The molecule has 0 saturated heterocycles. The molecule has 3 rings (SSSR count). The maximum atomic E-state index is 6.52. The van der Waals surface area contributed by atoms with Gasteiger partial charge in [-0.3, -0.25) is 0 Å². The van der Waals surface area contributed by atoms with Crippen molar-refractivity contribution in [1.29, 1.82) is 0 Å². The van der Waals surface area contributed by atoms with E-state index < -0.39 is 0 Å². The smallest absolute Gasteiger partial charge is 0.161 e. The first kappa shape index (κ1) is 14.7. The number of hydrogen-bond acceptors (Lipinski definition) is 3. The molecule has 3 nitrogen and oxygen atoms in total. The van der Waals surface area contributed by atoms with Crippen molar-refractivity contribution < 1.29 is 9.47 Å². The lowest BCUT2D eigenvalue weighted by atomic mass is 9.77. The van der Waals surface area contributed by atoms with Gasteiger partial charge in [-0.05, 0) is 42.4 Å². The van der Waals surface area contributed by atoms with Gasteiger partial charge in [0.15, 0.2) is 11.5 Å². The zero-order chi connectivity index (χ0) is 14.8. The Morgan fingerprint density at radius 3 is 2.33 bits per heavy atom. The van der Waals surface area contributed by atoms with Crippen LogP contribution in [0.4, 0.5) is 0 Å². The van der Waals surface area contributed by atoms with Gasteiger partial charge in [0.25, 0.3) is 0 Å². The minimum atomic E-state index is 0.118. The summed E-state index contributed by atoms with van der Waals surface area (Å²) in [6.07, 6.45) is 5.10. The monoisotopic (exact) mass is 289 g/mol. The third-order valence-corrected chi connectivity index (χ3v) is 4.97. The number of benzene rings is 1. The van der Waals surface area contributed by atoms with Gasteiger partial charge in [-0.25, -0.2) is 0 Å². The number of rotatable bonds is 2. The van der Waals surface area contributed by atoms with Crippen LogP contribution < -0.4 is 15.2 Å². The maximum Gasteiger partial charge on any atom is 0.161 e. The highest BCUT2D eigenvalue weighted by molar-refractivity contribution is 5.44. The predicted octanol–water partition coefficient (Wildman–Crippen LogP) is 3.92. The van der Waals surface area contributed by atoms with Crippen LogP contribution in [0.15, 0.2) is 18.2 Å². The molecule has 1 aliphatic heterocycles. The SMILES string of the molecule is CC1CCC(C(N)c2ccc3c(c2)OCC(C)CO3)CC1. The molecule has 0 radical (unpaired) electrons. The van der Waals surface area contributed by atoms with Crippen LogP contribution in [0.5, 0.6) is 11.5 Å². The van der Waals surface area contributed by atoms with Crippen LogP contribution in [0, 0.1) is 17.8 Å². The lowest BCUT2D eigenvalue weighted by Gasteiger charge is -2.31. The molecule has 1 aromatic rings. The van der Waals surface area contributed by atoms with Gasteiger partial charge in [-0.2, -0.15) is 0 Å². The van der Waals surface area contributed by atoms with Crippen LogP contribution in [-0.2, 0) is 0 Å². The molecule has 0 amide bonds. The number of ether oxygens (including phenoxy) is 2. The molecule has 1 saturated carbocycles. The number of nitrogens with two attached hydrogens (primary N) is 1. The second-order valence-electron chi connectivity index (χ2n) is 6.98. The highest BCUT2D eigenvalue weighted by atomic mass is 16.5. The summed E-state index contributed by atoms with van der Waals surface area (Å²) in [5, 5.41) is 0. The standard InChI is InChI=1S/C18H27NO2/c1-12-3-5-14(6-4-12)18(19)15-7-8-16-17(9-15)21-11-13(2)10-20-16/h7-9,12-14,18H,3-6,10-11,19H2,1-2H3. The molecule has 0 spiro atoms. The third-order valence-electron chi connectivity index (χ3n) is 4.97. The summed E-state index contributed by atoms with van der Waals surface area (Å²) in [5.74, 6) is 3.60. The highest BCUT2D eigenvalue weighted by Crippen LogP contribution is 2.38. The first-order valence-corrected chi connectivity index (χ1v) is 8.28. The van der Waals surface area contributed by atoms with Crippen LogP contribution in [0.1, 0.15) is 51.1 Å². The van der Waals surface area contributed by atoms with E-state index in [2.05, 4.69) is 26.0 Å². The Morgan fingerprint density at radius 1 is 0.952 bits per heavy atom. The predicted molar refractivity (Wildman–Crippen MR) is 84.6 cm³/mol. The Hall–Kier alpha value is -1.22. The van der Waals surface area contributed by atoms with Gasteiger partial charge in [-0.15, -0.1) is 0 Å². The van der Waals surface area contributed by atoms with Gasteiger partial charge < -0.3 is 15.2 Å². The fourth-order valence-corrected chi connectivity index (χ4v) is 3.39. The quantitative estimate of drug-likeness (QED) is 0.897. The van der Waals surface area contributed by atoms with Crippen molar-refractivity contribution >= 4 is 0 Å². The van der Waals surface area contributed by atoms with E-state index in [1.165, 1.54) is 31.2 Å². The largest absolute Gasteiger partial charge is 0.489 e. The molecule has 1 heterocycles. The summed E-state index contributed by atoms with van der Waals surface area (Å²) in [5.41, 5.74) is 7.70. The number of hydrogen-bond donors (Lipinski definition) is 1. The van der Waals surface area contributed by atoms with E-state index in [0.29, 0.717) is 18.4 Å². The normalized spacial score (nSPS) is 30.5. The van der Waals surface area contributed by atoms with Crippen molar-refractivity contribution in [2.45, 2.75) is 45.6 Å². The molecule has 1 aromatic carbocycles. The van der Waals surface area contributed by atoms with Gasteiger partial charge in [0.1, 0.15) is 0 Å². The summed E-state index contributed by atoms with van der Waals surface area (Å²) < 4.78 is 11.7. The fraction of sp³-hybridized carbons (Fsp3) is 0.667. The van der Waals surface area contributed by atoms with Crippen molar-refractivity contribution in [3.05, 3.63) is 23.8 Å². The molecule has 2 atom stereocenters. The second-order valence-corrected chi connectivity index (χ2v) is 6.98. The van der Waals surface area contributed by atoms with Crippen LogP contribution >= 0.6 is 0 Å². The molecule has 116 valence electrons. The van der Waals surface area contributed by atoms with Gasteiger partial charge >= 0.3 is 0 Å².